The summed E-state index contributed by atoms with van der Waals surface area (Å²) in [6.45, 7) is 19.0. The Kier molecular flexibility index (Phi) is 8.67. The van der Waals surface area contributed by atoms with Crippen LogP contribution in [0.25, 0.3) is 0 Å². The van der Waals surface area contributed by atoms with Gasteiger partial charge >= 0.3 is 12.1 Å². The maximum Gasteiger partial charge on any atom is 0.410 e. The lowest BCUT2D eigenvalue weighted by molar-refractivity contribution is -0.894. The molecule has 1 aliphatic heterocycles. The number of carbonyl (C=O) groups excluding carboxylic acids is 4. The minimum atomic E-state index is -1.33. The summed E-state index contributed by atoms with van der Waals surface area (Å²) in [6, 6.07) is 0. The van der Waals surface area contributed by atoms with Crippen LogP contribution < -0.4 is 0 Å². The highest BCUT2D eigenvalue weighted by molar-refractivity contribution is 5.98. The van der Waals surface area contributed by atoms with Crippen LogP contribution in [-0.2, 0) is 23.9 Å². The number of ketones is 2. The highest BCUT2D eigenvalue weighted by Crippen LogP contribution is 2.87. The summed E-state index contributed by atoms with van der Waals surface area (Å²) in [4.78, 5) is 53.5. The Morgan fingerprint density at radius 2 is 1.77 bits per heavy atom. The molecule has 0 aromatic carbocycles. The Morgan fingerprint density at radius 1 is 1.10 bits per heavy atom. The molecule has 0 aromatic heterocycles. The van der Waals surface area contributed by atoms with E-state index in [2.05, 4.69) is 47.5 Å². The summed E-state index contributed by atoms with van der Waals surface area (Å²) in [6.07, 6.45) is 7.81. The second kappa shape index (κ2) is 11.8. The van der Waals surface area contributed by atoms with Gasteiger partial charge in [-0.05, 0) is 89.6 Å². The van der Waals surface area contributed by atoms with E-state index >= 15 is 0 Å². The quantitative estimate of drug-likeness (QED) is 0.215. The molecule has 4 saturated carbocycles. The van der Waals surface area contributed by atoms with Gasteiger partial charge in [0, 0.05) is 24.7 Å². The van der Waals surface area contributed by atoms with Crippen molar-refractivity contribution in [3.63, 3.8) is 0 Å². The standard InChI is InChI=1S/C39H59N2O7/c1-23(21-47-35(46)40-16-18-41(8,9)19-17-40)24(2)33(44)34(45)26(4)32-30(48-27(5)42)20-37(7)31-11-10-28-25(3)29(43)12-13-38(28)22-39(31,38)15-14-36(32,37)6/h12-13,23,25-26,28,30-32,34,45H,2,10-11,14-22H2,1,3-9H3/q+1/t23-,25-,26-,28-,30-,31-,32-,34+,36+,37-,38+,39-/m0/s1. The zero-order valence-electron chi connectivity index (χ0n) is 30.5. The predicted molar refractivity (Wildman–Crippen MR) is 181 cm³/mol. The number of aliphatic hydroxyl groups excluding tert-OH is 1. The highest BCUT2D eigenvalue weighted by atomic mass is 16.6. The Morgan fingerprint density at radius 3 is 2.42 bits per heavy atom. The minimum Gasteiger partial charge on any atom is -0.462 e. The van der Waals surface area contributed by atoms with Crippen LogP contribution in [0.5, 0.6) is 0 Å². The van der Waals surface area contributed by atoms with Gasteiger partial charge in [0.1, 0.15) is 12.2 Å². The molecule has 0 bridgehead atoms. The smallest absolute Gasteiger partial charge is 0.410 e. The number of Topliss-reactive ketones (excluding diaryl/α,β-unsaturated/α-hetero) is 1. The molecule has 0 unspecified atom stereocenters. The number of rotatable bonds is 8. The van der Waals surface area contributed by atoms with Crippen molar-refractivity contribution in [1.82, 2.24) is 4.90 Å². The first-order valence-electron chi connectivity index (χ1n) is 18.4. The molecule has 48 heavy (non-hydrogen) atoms. The molecule has 1 amide bonds. The van der Waals surface area contributed by atoms with Gasteiger partial charge in [-0.1, -0.05) is 47.3 Å². The molecule has 6 aliphatic rings. The monoisotopic (exact) mass is 667 g/mol. The SMILES string of the molecule is C=C(C(=O)[C@H](O)[C@@H](C)[C@H]1[C@@H](OC(C)=O)C[C@@]2(C)[C@@H]3CC[C@H]4[C@H](C)C(=O)C=C[C@@]45C[C@@]35CC[C@]12C)[C@@H](C)COC(=O)N1CC[N+](C)(C)CC1. The van der Waals surface area contributed by atoms with Crippen LogP contribution in [0.3, 0.4) is 0 Å². The summed E-state index contributed by atoms with van der Waals surface area (Å²) in [5, 5.41) is 11.7. The number of aliphatic hydroxyl groups is 1. The van der Waals surface area contributed by atoms with Crippen LogP contribution in [0.1, 0.15) is 80.1 Å². The molecule has 5 fully saturated rings. The van der Waals surface area contributed by atoms with E-state index in [9.17, 15) is 24.3 Å². The molecule has 6 rings (SSSR count). The molecule has 1 saturated heterocycles. The van der Waals surface area contributed by atoms with Crippen LogP contribution in [0.15, 0.2) is 24.3 Å². The number of fused-ring (bicyclic) bond motifs is 2. The number of ether oxygens (including phenoxy) is 2. The van der Waals surface area contributed by atoms with Crippen molar-refractivity contribution < 1.29 is 38.2 Å². The van der Waals surface area contributed by atoms with Gasteiger partial charge in [-0.25, -0.2) is 4.79 Å². The van der Waals surface area contributed by atoms with Gasteiger partial charge in [0.05, 0.1) is 46.9 Å². The third-order valence-electron chi connectivity index (χ3n) is 15.3. The van der Waals surface area contributed by atoms with E-state index in [4.69, 9.17) is 9.47 Å². The first kappa shape index (κ1) is 35.3. The Balaban J connectivity index is 1.17. The number of piperazine rings is 1. The number of allylic oxidation sites excluding steroid dienone is 2. The molecule has 9 nitrogen and oxygen atoms in total. The third kappa shape index (κ3) is 5.15. The average Bonchev–Trinajstić information content (AvgIpc) is 3.64. The molecular formula is C39H59N2O7+. The zero-order chi connectivity index (χ0) is 35.2. The molecular weight excluding hydrogens is 608 g/mol. The molecule has 12 atom stereocenters. The van der Waals surface area contributed by atoms with Crippen LogP contribution in [0, 0.1) is 57.2 Å². The first-order chi connectivity index (χ1) is 22.3. The van der Waals surface area contributed by atoms with E-state index in [1.165, 1.54) is 6.92 Å². The van der Waals surface area contributed by atoms with Crippen molar-refractivity contribution >= 4 is 23.6 Å². The van der Waals surface area contributed by atoms with Crippen molar-refractivity contribution in [1.29, 1.82) is 0 Å². The number of carbonyl (C=O) groups is 4. The largest absolute Gasteiger partial charge is 0.462 e. The fourth-order valence-corrected chi connectivity index (χ4v) is 12.1. The Hall–Kier alpha value is -2.52. The van der Waals surface area contributed by atoms with Gasteiger partial charge in [0.25, 0.3) is 0 Å². The second-order valence-corrected chi connectivity index (χ2v) is 17.9. The summed E-state index contributed by atoms with van der Waals surface area (Å²) in [5.41, 5.74) is 0.0198. The Bertz CT molecular complexity index is 1410. The van der Waals surface area contributed by atoms with Crippen molar-refractivity contribution in [2.24, 2.45) is 57.2 Å². The van der Waals surface area contributed by atoms with Crippen LogP contribution in [-0.4, -0.2) is 97.2 Å². The minimum absolute atomic E-state index is 0.0136. The van der Waals surface area contributed by atoms with Gasteiger partial charge < -0.3 is 19.1 Å². The fraction of sp³-hybridized carbons (Fsp3) is 0.795. The topological polar surface area (TPSA) is 110 Å². The summed E-state index contributed by atoms with van der Waals surface area (Å²) in [5.74, 6) is -0.853. The molecule has 1 heterocycles. The highest BCUT2D eigenvalue weighted by Gasteiger charge is 2.81. The van der Waals surface area contributed by atoms with Crippen LogP contribution in [0.2, 0.25) is 0 Å². The van der Waals surface area contributed by atoms with E-state index < -0.39 is 29.8 Å². The average molecular weight is 668 g/mol. The van der Waals surface area contributed by atoms with E-state index in [0.717, 1.165) is 49.7 Å². The molecule has 1 N–H and O–H groups in total. The third-order valence-corrected chi connectivity index (χ3v) is 15.3. The lowest BCUT2D eigenvalue weighted by Gasteiger charge is -2.61. The summed E-state index contributed by atoms with van der Waals surface area (Å²) >= 11 is 0. The van der Waals surface area contributed by atoms with Gasteiger partial charge in [0.2, 0.25) is 0 Å². The number of hydrogen-bond donors (Lipinski definition) is 1. The number of quaternary nitrogens is 1. The first-order valence-corrected chi connectivity index (χ1v) is 18.4. The normalized spacial score (nSPS) is 42.6. The molecule has 2 spiro atoms. The zero-order valence-corrected chi connectivity index (χ0v) is 30.5. The van der Waals surface area contributed by atoms with Crippen LogP contribution in [0.4, 0.5) is 4.79 Å². The molecule has 0 aromatic rings. The number of esters is 1. The molecule has 0 radical (unpaired) electrons. The van der Waals surface area contributed by atoms with Crippen molar-refractivity contribution in [2.75, 3.05) is 46.9 Å². The van der Waals surface area contributed by atoms with Gasteiger partial charge in [0.15, 0.2) is 11.6 Å². The maximum absolute atomic E-state index is 13.8. The van der Waals surface area contributed by atoms with Crippen molar-refractivity contribution in [3.05, 3.63) is 24.3 Å². The van der Waals surface area contributed by atoms with Crippen molar-refractivity contribution in [3.8, 4) is 0 Å². The predicted octanol–water partition coefficient (Wildman–Crippen LogP) is 5.21. The van der Waals surface area contributed by atoms with Gasteiger partial charge in [-0.3, -0.25) is 19.3 Å². The number of amides is 1. The van der Waals surface area contributed by atoms with Gasteiger partial charge in [-0.15, -0.1) is 0 Å². The molecule has 9 heteroatoms. The second-order valence-electron chi connectivity index (χ2n) is 17.9. The number of hydrogen-bond acceptors (Lipinski definition) is 7. The fourth-order valence-electron chi connectivity index (χ4n) is 12.1. The van der Waals surface area contributed by atoms with Gasteiger partial charge in [-0.2, -0.15) is 0 Å². The van der Waals surface area contributed by atoms with Crippen molar-refractivity contribution in [2.45, 2.75) is 92.3 Å². The Labute approximate surface area is 287 Å². The van der Waals surface area contributed by atoms with E-state index in [0.29, 0.717) is 31.3 Å². The summed E-state index contributed by atoms with van der Waals surface area (Å²) in [7, 11) is 4.29. The lowest BCUT2D eigenvalue weighted by atomic mass is 9.43. The number of nitrogens with zero attached hydrogens (tertiary/aromatic N) is 2. The molecule has 5 aliphatic carbocycles. The molecule has 266 valence electrons. The van der Waals surface area contributed by atoms with Crippen LogP contribution >= 0.6 is 0 Å². The number of likely N-dealkylation sites (N-methyl/N-ethyl adjacent to an activating group) is 1. The van der Waals surface area contributed by atoms with E-state index in [-0.39, 0.29) is 63.5 Å². The lowest BCUT2D eigenvalue weighted by Crippen LogP contribution is -2.56. The maximum atomic E-state index is 13.8. The summed E-state index contributed by atoms with van der Waals surface area (Å²) < 4.78 is 12.6. The van der Waals surface area contributed by atoms with E-state index in [1.54, 1.807) is 11.8 Å². The van der Waals surface area contributed by atoms with E-state index in [1.807, 2.05) is 13.0 Å².